The smallest absolute Gasteiger partial charge is 0.150 e. The van der Waals surface area contributed by atoms with Gasteiger partial charge in [0, 0.05) is 25.0 Å². The van der Waals surface area contributed by atoms with Crippen LogP contribution in [0.3, 0.4) is 0 Å². The van der Waals surface area contributed by atoms with Crippen molar-refractivity contribution in [3.8, 4) is 0 Å². The summed E-state index contributed by atoms with van der Waals surface area (Å²) in [6.45, 7) is 3.47. The van der Waals surface area contributed by atoms with Gasteiger partial charge in [-0.1, -0.05) is 5.16 Å². The molecule has 74 valence electrons. The SMILES string of the molecule is Cc1cc(CNCc2cc[nH]c2)on1. The molecular weight excluding hydrogens is 178 g/mol. The molecule has 0 radical (unpaired) electrons. The van der Waals surface area contributed by atoms with Crippen molar-refractivity contribution in [1.82, 2.24) is 15.5 Å². The lowest BCUT2D eigenvalue weighted by Gasteiger charge is -1.98. The number of hydrogen-bond acceptors (Lipinski definition) is 3. The Labute approximate surface area is 82.3 Å². The van der Waals surface area contributed by atoms with Gasteiger partial charge in [-0.25, -0.2) is 0 Å². The van der Waals surface area contributed by atoms with E-state index in [2.05, 4.69) is 15.5 Å². The highest BCUT2D eigenvalue weighted by molar-refractivity contribution is 5.08. The van der Waals surface area contributed by atoms with E-state index in [0.29, 0.717) is 6.54 Å². The molecule has 0 atom stereocenters. The van der Waals surface area contributed by atoms with Crippen molar-refractivity contribution >= 4 is 0 Å². The van der Waals surface area contributed by atoms with Gasteiger partial charge in [0.05, 0.1) is 12.2 Å². The quantitative estimate of drug-likeness (QED) is 0.771. The normalized spacial score (nSPS) is 10.6. The predicted molar refractivity (Wildman–Crippen MR) is 52.6 cm³/mol. The molecule has 4 heteroatoms. The summed E-state index contributed by atoms with van der Waals surface area (Å²) in [7, 11) is 0. The highest BCUT2D eigenvalue weighted by atomic mass is 16.5. The van der Waals surface area contributed by atoms with E-state index >= 15 is 0 Å². The number of aromatic amines is 1. The molecule has 0 bridgehead atoms. The van der Waals surface area contributed by atoms with E-state index in [9.17, 15) is 0 Å². The zero-order chi connectivity index (χ0) is 9.80. The summed E-state index contributed by atoms with van der Waals surface area (Å²) in [4.78, 5) is 3.01. The van der Waals surface area contributed by atoms with E-state index in [1.54, 1.807) is 0 Å². The number of H-pyrrole nitrogens is 1. The molecule has 2 N–H and O–H groups in total. The van der Waals surface area contributed by atoms with Crippen LogP contribution in [0.4, 0.5) is 0 Å². The summed E-state index contributed by atoms with van der Waals surface area (Å²) < 4.78 is 5.06. The van der Waals surface area contributed by atoms with Gasteiger partial charge in [0.2, 0.25) is 0 Å². The van der Waals surface area contributed by atoms with E-state index < -0.39 is 0 Å². The van der Waals surface area contributed by atoms with Gasteiger partial charge in [-0.3, -0.25) is 0 Å². The number of hydrogen-bond donors (Lipinski definition) is 2. The van der Waals surface area contributed by atoms with Gasteiger partial charge in [-0.2, -0.15) is 0 Å². The Morgan fingerprint density at radius 1 is 1.50 bits per heavy atom. The van der Waals surface area contributed by atoms with Gasteiger partial charge in [0.15, 0.2) is 5.76 Å². The molecule has 14 heavy (non-hydrogen) atoms. The van der Waals surface area contributed by atoms with Crippen LogP contribution in [-0.2, 0) is 13.1 Å². The highest BCUT2D eigenvalue weighted by Gasteiger charge is 1.99. The third kappa shape index (κ3) is 2.23. The Kier molecular flexibility index (Phi) is 2.65. The summed E-state index contributed by atoms with van der Waals surface area (Å²) >= 11 is 0. The minimum atomic E-state index is 0.714. The maximum absolute atomic E-state index is 5.06. The molecule has 2 aromatic rings. The van der Waals surface area contributed by atoms with Crippen LogP contribution in [-0.4, -0.2) is 10.1 Å². The molecule has 0 unspecified atom stereocenters. The van der Waals surface area contributed by atoms with Crippen LogP contribution in [0.5, 0.6) is 0 Å². The lowest BCUT2D eigenvalue weighted by atomic mass is 10.3. The average molecular weight is 191 g/mol. The topological polar surface area (TPSA) is 53.9 Å². The Morgan fingerprint density at radius 2 is 2.43 bits per heavy atom. The monoisotopic (exact) mass is 191 g/mol. The Bertz CT molecular complexity index is 378. The van der Waals surface area contributed by atoms with Crippen LogP contribution in [0.1, 0.15) is 17.0 Å². The average Bonchev–Trinajstić information content (AvgIpc) is 2.77. The van der Waals surface area contributed by atoms with Crippen molar-refractivity contribution in [3.63, 3.8) is 0 Å². The predicted octanol–water partition coefficient (Wildman–Crippen LogP) is 1.60. The van der Waals surface area contributed by atoms with Crippen LogP contribution >= 0.6 is 0 Å². The van der Waals surface area contributed by atoms with Crippen LogP contribution in [0, 0.1) is 6.92 Å². The first kappa shape index (κ1) is 9.02. The van der Waals surface area contributed by atoms with E-state index in [0.717, 1.165) is 18.0 Å². The molecule has 2 aromatic heterocycles. The molecule has 0 amide bonds. The molecule has 0 saturated carbocycles. The van der Waals surface area contributed by atoms with Crippen LogP contribution < -0.4 is 5.32 Å². The fraction of sp³-hybridized carbons (Fsp3) is 0.300. The number of aryl methyl sites for hydroxylation is 1. The minimum Gasteiger partial charge on any atom is -0.367 e. The van der Waals surface area contributed by atoms with Gasteiger partial charge in [-0.15, -0.1) is 0 Å². The Balaban J connectivity index is 1.78. The summed E-state index contributed by atoms with van der Waals surface area (Å²) in [5.74, 6) is 0.873. The first-order chi connectivity index (χ1) is 6.84. The molecule has 2 rings (SSSR count). The van der Waals surface area contributed by atoms with Crippen LogP contribution in [0.15, 0.2) is 29.0 Å². The number of nitrogens with zero attached hydrogens (tertiary/aromatic N) is 1. The zero-order valence-electron chi connectivity index (χ0n) is 8.08. The fourth-order valence-corrected chi connectivity index (χ4v) is 1.30. The number of aromatic nitrogens is 2. The second-order valence-corrected chi connectivity index (χ2v) is 3.26. The minimum absolute atomic E-state index is 0.714. The summed E-state index contributed by atoms with van der Waals surface area (Å²) in [6.07, 6.45) is 3.88. The van der Waals surface area contributed by atoms with E-state index in [1.807, 2.05) is 31.5 Å². The van der Waals surface area contributed by atoms with Crippen molar-refractivity contribution in [1.29, 1.82) is 0 Å². The van der Waals surface area contributed by atoms with Gasteiger partial charge in [-0.05, 0) is 18.6 Å². The lowest BCUT2D eigenvalue weighted by molar-refractivity contribution is 0.369. The van der Waals surface area contributed by atoms with Crippen molar-refractivity contribution in [3.05, 3.63) is 41.5 Å². The van der Waals surface area contributed by atoms with Crippen LogP contribution in [0.2, 0.25) is 0 Å². The first-order valence-electron chi connectivity index (χ1n) is 4.59. The molecule has 0 fully saturated rings. The van der Waals surface area contributed by atoms with Crippen molar-refractivity contribution in [2.45, 2.75) is 20.0 Å². The van der Waals surface area contributed by atoms with Crippen molar-refractivity contribution < 1.29 is 4.52 Å². The second-order valence-electron chi connectivity index (χ2n) is 3.26. The van der Waals surface area contributed by atoms with Crippen LogP contribution in [0.25, 0.3) is 0 Å². The molecule has 4 nitrogen and oxygen atoms in total. The summed E-state index contributed by atoms with van der Waals surface area (Å²) in [5.41, 5.74) is 2.16. The van der Waals surface area contributed by atoms with E-state index in [1.165, 1.54) is 5.56 Å². The summed E-state index contributed by atoms with van der Waals surface area (Å²) in [6, 6.07) is 3.97. The Morgan fingerprint density at radius 3 is 3.07 bits per heavy atom. The standard InChI is InChI=1S/C10H13N3O/c1-8-4-10(14-13-8)7-12-6-9-2-3-11-5-9/h2-5,11-12H,6-7H2,1H3. The molecule has 0 aliphatic rings. The molecule has 0 aromatic carbocycles. The molecule has 2 heterocycles. The lowest BCUT2D eigenvalue weighted by Crippen LogP contribution is -2.11. The molecule has 0 aliphatic carbocycles. The Hall–Kier alpha value is -1.55. The molecule has 0 saturated heterocycles. The van der Waals surface area contributed by atoms with Gasteiger partial charge < -0.3 is 14.8 Å². The number of nitrogens with one attached hydrogen (secondary N) is 2. The fourth-order valence-electron chi connectivity index (χ4n) is 1.30. The largest absolute Gasteiger partial charge is 0.367 e. The zero-order valence-corrected chi connectivity index (χ0v) is 8.08. The maximum atomic E-state index is 5.06. The van der Waals surface area contributed by atoms with Gasteiger partial charge >= 0.3 is 0 Å². The number of rotatable bonds is 4. The maximum Gasteiger partial charge on any atom is 0.150 e. The second kappa shape index (κ2) is 4.11. The third-order valence-corrected chi connectivity index (χ3v) is 1.97. The molecule has 0 aliphatic heterocycles. The third-order valence-electron chi connectivity index (χ3n) is 1.97. The van der Waals surface area contributed by atoms with Crippen molar-refractivity contribution in [2.24, 2.45) is 0 Å². The van der Waals surface area contributed by atoms with Gasteiger partial charge in [0.1, 0.15) is 0 Å². The van der Waals surface area contributed by atoms with E-state index in [4.69, 9.17) is 4.52 Å². The molecule has 0 spiro atoms. The summed E-state index contributed by atoms with van der Waals surface area (Å²) in [5, 5.41) is 7.07. The molecular formula is C10H13N3O. The van der Waals surface area contributed by atoms with Gasteiger partial charge in [0.25, 0.3) is 0 Å². The van der Waals surface area contributed by atoms with E-state index in [-0.39, 0.29) is 0 Å². The first-order valence-corrected chi connectivity index (χ1v) is 4.59. The van der Waals surface area contributed by atoms with Crippen molar-refractivity contribution in [2.75, 3.05) is 0 Å². The highest BCUT2D eigenvalue weighted by Crippen LogP contribution is 2.02.